The first kappa shape index (κ1) is 29.1. The van der Waals surface area contributed by atoms with Crippen molar-refractivity contribution in [1.82, 2.24) is 0 Å². The van der Waals surface area contributed by atoms with Crippen molar-refractivity contribution in [3.63, 3.8) is 0 Å². The topological polar surface area (TPSA) is 61.8 Å². The third-order valence-electron chi connectivity index (χ3n) is 7.28. The molecule has 4 aromatic carbocycles. The van der Waals surface area contributed by atoms with E-state index in [0.717, 1.165) is 33.6 Å². The number of carbonyl (C=O) groups excluding carboxylic acids is 2. The summed E-state index contributed by atoms with van der Waals surface area (Å²) in [6.07, 6.45) is 0. The molecule has 0 aliphatic rings. The molecule has 0 aliphatic carbocycles. The maximum atomic E-state index is 13.5. The van der Waals surface area contributed by atoms with Gasteiger partial charge in [0, 0.05) is 0 Å². The molecule has 0 amide bonds. The number of rotatable bonds is 8. The molecule has 0 spiro atoms. The molecule has 0 atom stereocenters. The second kappa shape index (κ2) is 12.5. The van der Waals surface area contributed by atoms with Gasteiger partial charge in [0.1, 0.15) is 24.7 Å². The van der Waals surface area contributed by atoms with E-state index in [0.29, 0.717) is 44.6 Å². The first-order valence-corrected chi connectivity index (χ1v) is 13.9. The number of ether oxygens (including phenoxy) is 3. The molecule has 6 heteroatoms. The number of aryl methyl sites for hydroxylation is 1. The molecule has 40 heavy (non-hydrogen) atoms. The van der Waals surface area contributed by atoms with Gasteiger partial charge in [-0.15, -0.1) is 0 Å². The summed E-state index contributed by atoms with van der Waals surface area (Å²) in [6.45, 7) is 11.8. The van der Waals surface area contributed by atoms with Crippen LogP contribution in [-0.4, -0.2) is 11.9 Å². The standard InChI is InChI=1S/C34H33BrO5/c1-20-17-28(38-18-26-13-9-7-10-14-26)21(2)22(3)29(20)34(37)40-32-24(5)23(4)30(25(6)31(32)35)33(36)39-19-27-15-11-8-12-16-27/h7-17H,18-19H2,1-6H3. The molecule has 0 aliphatic heterocycles. The molecule has 0 aromatic heterocycles. The highest BCUT2D eigenvalue weighted by molar-refractivity contribution is 9.10. The van der Waals surface area contributed by atoms with Gasteiger partial charge in [-0.3, -0.25) is 0 Å². The molecular weight excluding hydrogens is 568 g/mol. The molecule has 0 unspecified atom stereocenters. The first-order valence-electron chi connectivity index (χ1n) is 13.1. The van der Waals surface area contributed by atoms with Gasteiger partial charge in [0.2, 0.25) is 0 Å². The highest BCUT2D eigenvalue weighted by Crippen LogP contribution is 2.39. The maximum absolute atomic E-state index is 13.5. The van der Waals surface area contributed by atoms with Crippen molar-refractivity contribution in [2.45, 2.75) is 54.8 Å². The van der Waals surface area contributed by atoms with Gasteiger partial charge < -0.3 is 14.2 Å². The Bertz CT molecular complexity index is 1530. The lowest BCUT2D eigenvalue weighted by molar-refractivity contribution is 0.0470. The molecule has 0 N–H and O–H groups in total. The zero-order chi connectivity index (χ0) is 29.0. The van der Waals surface area contributed by atoms with Crippen LogP contribution in [0.5, 0.6) is 11.5 Å². The lowest BCUT2D eigenvalue weighted by Gasteiger charge is -2.20. The van der Waals surface area contributed by atoms with Crippen LogP contribution in [0.4, 0.5) is 0 Å². The Balaban J connectivity index is 1.57. The van der Waals surface area contributed by atoms with E-state index in [9.17, 15) is 9.59 Å². The molecule has 0 fully saturated rings. The number of halogens is 1. The molecule has 0 heterocycles. The number of hydrogen-bond donors (Lipinski definition) is 0. The van der Waals surface area contributed by atoms with Gasteiger partial charge in [-0.05, 0) is 108 Å². The fraction of sp³-hybridized carbons (Fsp3) is 0.235. The molecule has 4 aromatic rings. The maximum Gasteiger partial charge on any atom is 0.344 e. The quantitative estimate of drug-likeness (QED) is 0.150. The van der Waals surface area contributed by atoms with E-state index in [2.05, 4.69) is 15.9 Å². The predicted molar refractivity (Wildman–Crippen MR) is 160 cm³/mol. The van der Waals surface area contributed by atoms with Crippen LogP contribution in [0.15, 0.2) is 71.2 Å². The lowest BCUT2D eigenvalue weighted by atomic mass is 9.96. The lowest BCUT2D eigenvalue weighted by Crippen LogP contribution is -2.17. The van der Waals surface area contributed by atoms with E-state index in [1.807, 2.05) is 108 Å². The smallest absolute Gasteiger partial charge is 0.344 e. The van der Waals surface area contributed by atoms with E-state index < -0.39 is 11.9 Å². The minimum Gasteiger partial charge on any atom is -0.489 e. The van der Waals surface area contributed by atoms with Gasteiger partial charge in [0.15, 0.2) is 0 Å². The van der Waals surface area contributed by atoms with Gasteiger partial charge >= 0.3 is 11.9 Å². The van der Waals surface area contributed by atoms with Crippen molar-refractivity contribution in [3.05, 3.63) is 127 Å². The van der Waals surface area contributed by atoms with Gasteiger partial charge in [-0.25, -0.2) is 9.59 Å². The normalized spacial score (nSPS) is 10.8. The van der Waals surface area contributed by atoms with Crippen LogP contribution in [0, 0.1) is 41.5 Å². The number of hydrogen-bond acceptors (Lipinski definition) is 5. The first-order chi connectivity index (χ1) is 19.1. The second-order valence-corrected chi connectivity index (χ2v) is 10.7. The largest absolute Gasteiger partial charge is 0.489 e. The molecule has 0 saturated heterocycles. The molecule has 206 valence electrons. The van der Waals surface area contributed by atoms with Crippen molar-refractivity contribution in [1.29, 1.82) is 0 Å². The highest BCUT2D eigenvalue weighted by Gasteiger charge is 2.26. The Morgan fingerprint density at radius 1 is 0.650 bits per heavy atom. The van der Waals surface area contributed by atoms with Crippen LogP contribution in [0.2, 0.25) is 0 Å². The Morgan fingerprint density at radius 3 is 1.80 bits per heavy atom. The van der Waals surface area contributed by atoms with E-state index in [-0.39, 0.29) is 6.61 Å². The summed E-state index contributed by atoms with van der Waals surface area (Å²) in [7, 11) is 0. The van der Waals surface area contributed by atoms with E-state index in [1.165, 1.54) is 0 Å². The third-order valence-corrected chi connectivity index (χ3v) is 8.24. The average Bonchev–Trinajstić information content (AvgIpc) is 2.95. The summed E-state index contributed by atoms with van der Waals surface area (Å²) in [5, 5.41) is 0. The Hall–Kier alpha value is -3.90. The van der Waals surface area contributed by atoms with E-state index in [4.69, 9.17) is 14.2 Å². The molecule has 4 rings (SSSR count). The monoisotopic (exact) mass is 600 g/mol. The summed E-state index contributed by atoms with van der Waals surface area (Å²) in [6, 6.07) is 21.4. The molecule has 0 radical (unpaired) electrons. The van der Waals surface area contributed by atoms with Crippen molar-refractivity contribution in [3.8, 4) is 11.5 Å². The minimum atomic E-state index is -0.463. The number of benzene rings is 4. The molecule has 0 saturated carbocycles. The molecular formula is C34H33BrO5. The minimum absolute atomic E-state index is 0.176. The van der Waals surface area contributed by atoms with Crippen LogP contribution >= 0.6 is 15.9 Å². The van der Waals surface area contributed by atoms with Gasteiger partial charge in [-0.2, -0.15) is 0 Å². The third kappa shape index (κ3) is 6.13. The van der Waals surface area contributed by atoms with Gasteiger partial charge in [0.25, 0.3) is 0 Å². The summed E-state index contributed by atoms with van der Waals surface area (Å²) in [5.74, 6) is 0.238. The zero-order valence-corrected chi connectivity index (χ0v) is 25.3. The van der Waals surface area contributed by atoms with Gasteiger partial charge in [-0.1, -0.05) is 60.7 Å². The Morgan fingerprint density at radius 2 is 1.20 bits per heavy atom. The predicted octanol–water partition coefficient (Wildman–Crippen LogP) is 8.45. The zero-order valence-electron chi connectivity index (χ0n) is 23.7. The SMILES string of the molecule is Cc1cc(OCc2ccccc2)c(C)c(C)c1C(=O)Oc1c(C)c(C)c(C(=O)OCc2ccccc2)c(C)c1Br. The average molecular weight is 602 g/mol. The van der Waals surface area contributed by atoms with Crippen LogP contribution in [0.1, 0.15) is 65.2 Å². The van der Waals surface area contributed by atoms with Crippen LogP contribution in [0.25, 0.3) is 0 Å². The summed E-state index contributed by atoms with van der Waals surface area (Å²) >= 11 is 3.58. The van der Waals surface area contributed by atoms with Gasteiger partial charge in [0.05, 0.1) is 15.6 Å². The number of carbonyl (C=O) groups is 2. The summed E-state index contributed by atoms with van der Waals surface area (Å²) < 4.78 is 18.2. The molecule has 5 nitrogen and oxygen atoms in total. The van der Waals surface area contributed by atoms with Crippen molar-refractivity contribution in [2.75, 3.05) is 0 Å². The van der Waals surface area contributed by atoms with Crippen LogP contribution in [0.3, 0.4) is 0 Å². The van der Waals surface area contributed by atoms with Crippen LogP contribution < -0.4 is 9.47 Å². The fourth-order valence-electron chi connectivity index (χ4n) is 4.69. The van der Waals surface area contributed by atoms with E-state index >= 15 is 0 Å². The molecule has 0 bridgehead atoms. The second-order valence-electron chi connectivity index (χ2n) is 9.94. The van der Waals surface area contributed by atoms with Crippen molar-refractivity contribution >= 4 is 27.9 Å². The van der Waals surface area contributed by atoms with E-state index in [1.54, 1.807) is 0 Å². The highest BCUT2D eigenvalue weighted by atomic mass is 79.9. The Kier molecular flexibility index (Phi) is 9.10. The Labute approximate surface area is 244 Å². The fourth-order valence-corrected chi connectivity index (χ4v) is 5.27. The summed E-state index contributed by atoms with van der Waals surface area (Å²) in [4.78, 5) is 26.6. The van der Waals surface area contributed by atoms with Crippen molar-refractivity contribution in [2.24, 2.45) is 0 Å². The summed E-state index contributed by atoms with van der Waals surface area (Å²) in [5.41, 5.74) is 7.43. The van der Waals surface area contributed by atoms with Crippen molar-refractivity contribution < 1.29 is 23.8 Å². The number of esters is 2. The van der Waals surface area contributed by atoms with Crippen LogP contribution in [-0.2, 0) is 18.0 Å².